The molecule has 1 aliphatic rings. The second-order valence-electron chi connectivity index (χ2n) is 3.71. The molecule has 2 rings (SSSR count). The van der Waals surface area contributed by atoms with E-state index in [-0.39, 0.29) is 5.75 Å². The summed E-state index contributed by atoms with van der Waals surface area (Å²) in [7, 11) is 1.45. The molecule has 4 nitrogen and oxygen atoms in total. The molecule has 0 atom stereocenters. The predicted octanol–water partition coefficient (Wildman–Crippen LogP) is 2.38. The summed E-state index contributed by atoms with van der Waals surface area (Å²) in [4.78, 5) is 14.1. The molecule has 0 saturated heterocycles. The first-order valence-electron chi connectivity index (χ1n) is 4.79. The van der Waals surface area contributed by atoms with E-state index < -0.39 is 5.54 Å². The molecule has 0 heterocycles. The van der Waals surface area contributed by atoms with E-state index in [1.807, 2.05) is 0 Å². The highest BCUT2D eigenvalue weighted by Crippen LogP contribution is 2.56. The van der Waals surface area contributed by atoms with Crippen molar-refractivity contribution < 1.29 is 14.6 Å². The van der Waals surface area contributed by atoms with Crippen LogP contribution in [-0.2, 0) is 10.3 Å². The van der Waals surface area contributed by atoms with Crippen molar-refractivity contribution in [2.24, 2.45) is 4.99 Å². The Bertz CT molecular complexity index is 476. The number of methoxy groups -OCH3 is 1. The van der Waals surface area contributed by atoms with Gasteiger partial charge >= 0.3 is 0 Å². The minimum Gasteiger partial charge on any atom is -0.504 e. The Kier molecular flexibility index (Phi) is 2.62. The zero-order valence-electron chi connectivity index (χ0n) is 8.66. The lowest BCUT2D eigenvalue weighted by molar-refractivity contribution is 0.368. The van der Waals surface area contributed by atoms with E-state index in [1.165, 1.54) is 13.2 Å². The molecular formula is C11H10ClNO3. The normalized spacial score (nSPS) is 16.4. The van der Waals surface area contributed by atoms with Gasteiger partial charge in [0, 0.05) is 5.56 Å². The number of ether oxygens (including phenoxy) is 1. The van der Waals surface area contributed by atoms with E-state index in [9.17, 15) is 9.90 Å². The number of rotatable bonds is 3. The molecule has 0 spiro atoms. The number of phenolic OH excluding ortho intramolecular Hbond substituents is 1. The highest BCUT2D eigenvalue weighted by atomic mass is 35.5. The Morgan fingerprint density at radius 2 is 2.25 bits per heavy atom. The van der Waals surface area contributed by atoms with Crippen molar-refractivity contribution in [2.45, 2.75) is 18.4 Å². The third-order valence-electron chi connectivity index (χ3n) is 2.76. The van der Waals surface area contributed by atoms with Crippen LogP contribution in [0.3, 0.4) is 0 Å². The van der Waals surface area contributed by atoms with E-state index in [2.05, 4.69) is 4.99 Å². The number of benzene rings is 1. The van der Waals surface area contributed by atoms with E-state index in [4.69, 9.17) is 16.3 Å². The molecule has 0 bridgehead atoms. The predicted molar refractivity (Wildman–Crippen MR) is 58.7 cm³/mol. The average molecular weight is 240 g/mol. The molecule has 16 heavy (non-hydrogen) atoms. The van der Waals surface area contributed by atoms with Gasteiger partial charge in [-0.15, -0.1) is 0 Å². The molecule has 0 unspecified atom stereocenters. The van der Waals surface area contributed by atoms with Crippen LogP contribution >= 0.6 is 11.6 Å². The van der Waals surface area contributed by atoms with E-state index in [1.54, 1.807) is 12.1 Å². The van der Waals surface area contributed by atoms with Gasteiger partial charge in [-0.05, 0) is 25.0 Å². The molecule has 0 aromatic heterocycles. The third-order valence-corrected chi connectivity index (χ3v) is 3.07. The molecule has 1 saturated carbocycles. The molecule has 84 valence electrons. The molecule has 1 aromatic rings. The Morgan fingerprint density at radius 1 is 1.56 bits per heavy atom. The number of phenols is 1. The number of hydrogen-bond donors (Lipinski definition) is 1. The maximum atomic E-state index is 10.4. The van der Waals surface area contributed by atoms with Gasteiger partial charge in [-0.2, -0.15) is 4.99 Å². The van der Waals surface area contributed by atoms with Crippen LogP contribution in [-0.4, -0.2) is 18.3 Å². The van der Waals surface area contributed by atoms with Gasteiger partial charge in [-0.1, -0.05) is 11.6 Å². The van der Waals surface area contributed by atoms with Crippen LogP contribution in [0.25, 0.3) is 0 Å². The summed E-state index contributed by atoms with van der Waals surface area (Å²) in [6.07, 6.45) is 2.89. The van der Waals surface area contributed by atoms with Gasteiger partial charge in [-0.3, -0.25) is 0 Å². The van der Waals surface area contributed by atoms with Crippen molar-refractivity contribution in [1.82, 2.24) is 0 Å². The minimum absolute atomic E-state index is 0.0495. The number of isocyanates is 1. The quantitative estimate of drug-likeness (QED) is 0.651. The fourth-order valence-electron chi connectivity index (χ4n) is 1.78. The number of aliphatic imine (C=N–C) groups is 1. The van der Waals surface area contributed by atoms with Crippen LogP contribution in [0.15, 0.2) is 17.1 Å². The average Bonchev–Trinajstić information content (AvgIpc) is 2.99. The second kappa shape index (κ2) is 3.81. The second-order valence-corrected chi connectivity index (χ2v) is 4.12. The van der Waals surface area contributed by atoms with Crippen molar-refractivity contribution >= 4 is 17.7 Å². The van der Waals surface area contributed by atoms with Crippen LogP contribution in [0.1, 0.15) is 18.4 Å². The molecule has 1 aromatic carbocycles. The molecule has 0 aliphatic heterocycles. The number of nitrogens with zero attached hydrogens (tertiary/aromatic N) is 1. The Hall–Kier alpha value is -1.51. The van der Waals surface area contributed by atoms with Crippen LogP contribution in [0.2, 0.25) is 5.02 Å². The third kappa shape index (κ3) is 1.56. The fraction of sp³-hybridized carbons (Fsp3) is 0.364. The number of carbonyl (C=O) groups excluding carboxylic acids is 1. The molecule has 0 amide bonds. The van der Waals surface area contributed by atoms with Crippen molar-refractivity contribution in [3.8, 4) is 11.5 Å². The van der Waals surface area contributed by atoms with Gasteiger partial charge in [0.25, 0.3) is 0 Å². The minimum atomic E-state index is -0.697. The number of halogens is 1. The lowest BCUT2D eigenvalue weighted by Crippen LogP contribution is -2.04. The highest BCUT2D eigenvalue weighted by Gasteiger charge is 2.48. The van der Waals surface area contributed by atoms with Crippen molar-refractivity contribution in [3.63, 3.8) is 0 Å². The maximum Gasteiger partial charge on any atom is 0.235 e. The van der Waals surface area contributed by atoms with Crippen molar-refractivity contribution in [3.05, 3.63) is 22.7 Å². The first kappa shape index (κ1) is 11.0. The van der Waals surface area contributed by atoms with Crippen molar-refractivity contribution in [1.29, 1.82) is 0 Å². The van der Waals surface area contributed by atoms with Crippen LogP contribution < -0.4 is 4.74 Å². The van der Waals surface area contributed by atoms with Gasteiger partial charge in [-0.25, -0.2) is 4.79 Å². The molecule has 1 aliphatic carbocycles. The fourth-order valence-corrected chi connectivity index (χ4v) is 2.11. The van der Waals surface area contributed by atoms with Gasteiger partial charge in [0.2, 0.25) is 6.08 Å². The summed E-state index contributed by atoms with van der Waals surface area (Å²) >= 11 is 6.01. The largest absolute Gasteiger partial charge is 0.504 e. The highest BCUT2D eigenvalue weighted by molar-refractivity contribution is 6.31. The van der Waals surface area contributed by atoms with Crippen LogP contribution in [0.4, 0.5) is 0 Å². The summed E-state index contributed by atoms with van der Waals surface area (Å²) in [5.41, 5.74) is -0.242. The van der Waals surface area contributed by atoms with Gasteiger partial charge in [0.05, 0.1) is 12.1 Å². The van der Waals surface area contributed by atoms with Gasteiger partial charge < -0.3 is 9.84 Å². The topological polar surface area (TPSA) is 58.9 Å². The Labute approximate surface area is 97.5 Å². The van der Waals surface area contributed by atoms with Crippen LogP contribution in [0.5, 0.6) is 11.5 Å². The summed E-state index contributed by atoms with van der Waals surface area (Å²) in [6.45, 7) is 0. The molecule has 5 heteroatoms. The van der Waals surface area contributed by atoms with E-state index in [0.29, 0.717) is 29.2 Å². The lowest BCUT2D eigenvalue weighted by atomic mass is 10.0. The van der Waals surface area contributed by atoms with Gasteiger partial charge in [0.1, 0.15) is 5.54 Å². The lowest BCUT2D eigenvalue weighted by Gasteiger charge is -2.14. The first-order valence-corrected chi connectivity index (χ1v) is 5.17. The summed E-state index contributed by atoms with van der Waals surface area (Å²) in [6, 6.07) is 3.19. The summed E-state index contributed by atoms with van der Waals surface area (Å²) in [5, 5.41) is 10.4. The summed E-state index contributed by atoms with van der Waals surface area (Å²) < 4.78 is 4.99. The van der Waals surface area contributed by atoms with Crippen LogP contribution in [0, 0.1) is 0 Å². The molecule has 0 radical (unpaired) electrons. The molecular weight excluding hydrogens is 230 g/mol. The van der Waals surface area contributed by atoms with E-state index >= 15 is 0 Å². The Balaban J connectivity index is 2.60. The number of hydrogen-bond acceptors (Lipinski definition) is 4. The first-order chi connectivity index (χ1) is 7.64. The zero-order valence-corrected chi connectivity index (χ0v) is 9.41. The smallest absolute Gasteiger partial charge is 0.235 e. The monoisotopic (exact) mass is 239 g/mol. The summed E-state index contributed by atoms with van der Waals surface area (Å²) in [5.74, 6) is 0.276. The molecule has 1 N–H and O–H groups in total. The van der Waals surface area contributed by atoms with Gasteiger partial charge in [0.15, 0.2) is 11.5 Å². The Morgan fingerprint density at radius 3 is 2.75 bits per heavy atom. The SMILES string of the molecule is COc1ccc(Cl)c(C2(N=C=O)CC2)c1O. The number of aromatic hydroxyl groups is 1. The zero-order chi connectivity index (χ0) is 11.8. The maximum absolute atomic E-state index is 10.4. The standard InChI is InChI=1S/C11H10ClNO3/c1-16-8-3-2-7(12)9(10(8)15)11(4-5-11)13-6-14/h2-3,15H,4-5H2,1H3. The molecule has 1 fully saturated rings. The van der Waals surface area contributed by atoms with E-state index in [0.717, 1.165) is 0 Å². The van der Waals surface area contributed by atoms with Crippen molar-refractivity contribution in [2.75, 3.05) is 7.11 Å².